The Morgan fingerprint density at radius 3 is 2.81 bits per heavy atom. The normalized spacial score (nSPS) is 22.1. The number of rotatable bonds is 4. The van der Waals surface area contributed by atoms with E-state index in [1.807, 2.05) is 12.1 Å². The van der Waals surface area contributed by atoms with Crippen molar-refractivity contribution >= 4 is 17.3 Å². The van der Waals surface area contributed by atoms with E-state index in [-0.39, 0.29) is 6.04 Å². The number of hydrogen-bond acceptors (Lipinski definition) is 3. The Kier molecular flexibility index (Phi) is 5.91. The van der Waals surface area contributed by atoms with Gasteiger partial charge in [-0.2, -0.15) is 0 Å². The molecule has 1 aromatic rings. The molecule has 0 amide bonds. The van der Waals surface area contributed by atoms with Crippen LogP contribution in [0.1, 0.15) is 32.3 Å². The van der Waals surface area contributed by atoms with Crippen molar-refractivity contribution in [1.82, 2.24) is 4.90 Å². The quantitative estimate of drug-likeness (QED) is 0.927. The second kappa shape index (κ2) is 7.48. The summed E-state index contributed by atoms with van der Waals surface area (Å²) in [6.07, 6.45) is 3.18. The molecule has 0 aromatic heterocycles. The van der Waals surface area contributed by atoms with E-state index >= 15 is 0 Å². The predicted molar refractivity (Wildman–Crippen MR) is 92.3 cm³/mol. The van der Waals surface area contributed by atoms with E-state index < -0.39 is 0 Å². The highest BCUT2D eigenvalue weighted by molar-refractivity contribution is 6.33. The van der Waals surface area contributed by atoms with E-state index in [2.05, 4.69) is 36.8 Å². The molecule has 1 heterocycles. The molecular formula is C17H28ClN3. The number of anilines is 1. The molecule has 4 heteroatoms. The van der Waals surface area contributed by atoms with Gasteiger partial charge in [0.1, 0.15) is 0 Å². The lowest BCUT2D eigenvalue weighted by Gasteiger charge is -2.34. The highest BCUT2D eigenvalue weighted by atomic mass is 35.5. The first kappa shape index (κ1) is 16.6. The maximum Gasteiger partial charge on any atom is 0.0642 e. The lowest BCUT2D eigenvalue weighted by molar-refractivity contribution is 0.328. The molecular weight excluding hydrogens is 282 g/mol. The molecule has 3 nitrogen and oxygen atoms in total. The molecule has 1 fully saturated rings. The predicted octanol–water partition coefficient (Wildman–Crippen LogP) is 3.15. The van der Waals surface area contributed by atoms with Gasteiger partial charge in [-0.1, -0.05) is 30.7 Å². The fraction of sp³-hybridized carbons (Fsp3) is 0.647. The van der Waals surface area contributed by atoms with Crippen LogP contribution in [-0.4, -0.2) is 43.7 Å². The standard InChI is InChI=1S/C17H28ClN3/c1-4-15-12-20(3)9-6-10-21(15)17-14(11-13(2)19)7-5-8-16(17)18/h5,7-8,13,15H,4,6,9-12,19H2,1-3H3. The molecule has 0 bridgehead atoms. The minimum atomic E-state index is 0.150. The Balaban J connectivity index is 2.37. The third kappa shape index (κ3) is 4.12. The van der Waals surface area contributed by atoms with E-state index in [9.17, 15) is 0 Å². The van der Waals surface area contributed by atoms with Gasteiger partial charge >= 0.3 is 0 Å². The second-order valence-electron chi connectivity index (χ2n) is 6.30. The van der Waals surface area contributed by atoms with E-state index in [0.29, 0.717) is 6.04 Å². The van der Waals surface area contributed by atoms with Crippen LogP contribution in [0.15, 0.2) is 18.2 Å². The number of hydrogen-bond donors (Lipinski definition) is 1. The van der Waals surface area contributed by atoms with E-state index in [0.717, 1.165) is 37.5 Å². The van der Waals surface area contributed by atoms with Gasteiger partial charge in [0, 0.05) is 25.2 Å². The zero-order valence-electron chi connectivity index (χ0n) is 13.5. The van der Waals surface area contributed by atoms with Gasteiger partial charge in [0.15, 0.2) is 0 Å². The average Bonchev–Trinajstić information content (AvgIpc) is 2.60. The van der Waals surface area contributed by atoms with Gasteiger partial charge in [-0.25, -0.2) is 0 Å². The molecule has 2 N–H and O–H groups in total. The molecule has 1 aliphatic rings. The van der Waals surface area contributed by atoms with Crippen LogP contribution in [-0.2, 0) is 6.42 Å². The maximum absolute atomic E-state index is 6.56. The summed E-state index contributed by atoms with van der Waals surface area (Å²) in [6, 6.07) is 6.88. The number of likely N-dealkylation sites (N-methyl/N-ethyl adjacent to an activating group) is 1. The Bertz CT molecular complexity index is 461. The van der Waals surface area contributed by atoms with Crippen molar-refractivity contribution in [2.75, 3.05) is 31.6 Å². The molecule has 1 aromatic carbocycles. The van der Waals surface area contributed by atoms with Crippen LogP contribution in [0.5, 0.6) is 0 Å². The molecule has 0 spiro atoms. The van der Waals surface area contributed by atoms with Gasteiger partial charge in [0.2, 0.25) is 0 Å². The summed E-state index contributed by atoms with van der Waals surface area (Å²) >= 11 is 6.56. The summed E-state index contributed by atoms with van der Waals surface area (Å²) in [5.74, 6) is 0. The summed E-state index contributed by atoms with van der Waals surface area (Å²) in [6.45, 7) is 7.63. The third-order valence-electron chi connectivity index (χ3n) is 4.27. The first-order valence-corrected chi connectivity index (χ1v) is 8.38. The van der Waals surface area contributed by atoms with Gasteiger partial charge in [-0.3, -0.25) is 0 Å². The van der Waals surface area contributed by atoms with Gasteiger partial charge in [0.05, 0.1) is 10.7 Å². The number of halogens is 1. The fourth-order valence-corrected chi connectivity index (χ4v) is 3.58. The molecule has 1 aliphatic heterocycles. The topological polar surface area (TPSA) is 32.5 Å². The van der Waals surface area contributed by atoms with Crippen LogP contribution in [0.3, 0.4) is 0 Å². The third-order valence-corrected chi connectivity index (χ3v) is 4.58. The molecule has 21 heavy (non-hydrogen) atoms. The van der Waals surface area contributed by atoms with Crippen molar-refractivity contribution in [2.45, 2.75) is 45.2 Å². The van der Waals surface area contributed by atoms with Gasteiger partial charge in [-0.05, 0) is 51.4 Å². The minimum absolute atomic E-state index is 0.150. The van der Waals surface area contributed by atoms with Crippen molar-refractivity contribution in [1.29, 1.82) is 0 Å². The SMILES string of the molecule is CCC1CN(C)CCCN1c1c(Cl)cccc1CC(C)N. The van der Waals surface area contributed by atoms with E-state index in [4.69, 9.17) is 17.3 Å². The number of benzene rings is 1. The van der Waals surface area contributed by atoms with Crippen LogP contribution in [0, 0.1) is 0 Å². The molecule has 2 rings (SSSR count). The molecule has 0 radical (unpaired) electrons. The lowest BCUT2D eigenvalue weighted by Crippen LogP contribution is -2.40. The van der Waals surface area contributed by atoms with Crippen molar-refractivity contribution in [3.63, 3.8) is 0 Å². The summed E-state index contributed by atoms with van der Waals surface area (Å²) in [5.41, 5.74) is 8.51. The maximum atomic E-state index is 6.56. The summed E-state index contributed by atoms with van der Waals surface area (Å²) in [7, 11) is 2.21. The fourth-order valence-electron chi connectivity index (χ4n) is 3.28. The molecule has 0 saturated carbocycles. The zero-order chi connectivity index (χ0) is 15.4. The second-order valence-corrected chi connectivity index (χ2v) is 6.71. The van der Waals surface area contributed by atoms with E-state index in [1.54, 1.807) is 0 Å². The first-order valence-electron chi connectivity index (χ1n) is 8.01. The van der Waals surface area contributed by atoms with Gasteiger partial charge in [0.25, 0.3) is 0 Å². The van der Waals surface area contributed by atoms with Crippen LogP contribution in [0.4, 0.5) is 5.69 Å². The Hall–Kier alpha value is -0.770. The molecule has 2 unspecified atom stereocenters. The highest BCUT2D eigenvalue weighted by Gasteiger charge is 2.25. The van der Waals surface area contributed by atoms with Crippen LogP contribution in [0.2, 0.25) is 5.02 Å². The van der Waals surface area contributed by atoms with Crippen LogP contribution >= 0.6 is 11.6 Å². The lowest BCUT2D eigenvalue weighted by atomic mass is 10.0. The average molecular weight is 310 g/mol. The molecule has 118 valence electrons. The largest absolute Gasteiger partial charge is 0.366 e. The Morgan fingerprint density at radius 1 is 1.38 bits per heavy atom. The van der Waals surface area contributed by atoms with Gasteiger partial charge < -0.3 is 15.5 Å². The number of nitrogens with two attached hydrogens (primary N) is 1. The zero-order valence-corrected chi connectivity index (χ0v) is 14.2. The number of para-hydroxylation sites is 1. The summed E-state index contributed by atoms with van der Waals surface area (Å²) < 4.78 is 0. The molecule has 2 atom stereocenters. The Morgan fingerprint density at radius 2 is 2.14 bits per heavy atom. The molecule has 0 aliphatic carbocycles. The summed E-state index contributed by atoms with van der Waals surface area (Å²) in [4.78, 5) is 4.94. The van der Waals surface area contributed by atoms with Crippen LogP contribution < -0.4 is 10.6 Å². The van der Waals surface area contributed by atoms with Crippen molar-refractivity contribution in [3.05, 3.63) is 28.8 Å². The van der Waals surface area contributed by atoms with Gasteiger partial charge in [-0.15, -0.1) is 0 Å². The smallest absolute Gasteiger partial charge is 0.0642 e. The highest BCUT2D eigenvalue weighted by Crippen LogP contribution is 2.33. The van der Waals surface area contributed by atoms with Crippen LogP contribution in [0.25, 0.3) is 0 Å². The van der Waals surface area contributed by atoms with E-state index in [1.165, 1.54) is 17.7 Å². The van der Waals surface area contributed by atoms with Crippen molar-refractivity contribution in [2.24, 2.45) is 5.73 Å². The van der Waals surface area contributed by atoms with Crippen molar-refractivity contribution < 1.29 is 0 Å². The minimum Gasteiger partial charge on any atom is -0.366 e. The first-order chi connectivity index (χ1) is 10.0. The number of nitrogens with zero attached hydrogens (tertiary/aromatic N) is 2. The summed E-state index contributed by atoms with van der Waals surface area (Å²) in [5, 5.41) is 0.858. The monoisotopic (exact) mass is 309 g/mol. The van der Waals surface area contributed by atoms with Crippen molar-refractivity contribution in [3.8, 4) is 0 Å². The Labute approximate surface area is 134 Å². The molecule has 1 saturated heterocycles.